The van der Waals surface area contributed by atoms with Crippen LogP contribution < -0.4 is 0 Å². The number of rotatable bonds is 0. The Morgan fingerprint density at radius 1 is 1.12 bits per heavy atom. The maximum Gasteiger partial charge on any atom is 0.342 e. The molecule has 24 heavy (non-hydrogen) atoms. The van der Waals surface area contributed by atoms with Gasteiger partial charge in [-0.3, -0.25) is 4.99 Å². The molecule has 5 nitrogen and oxygen atoms in total. The lowest BCUT2D eigenvalue weighted by molar-refractivity contribution is 0.0507. The smallest absolute Gasteiger partial charge is 0.342 e. The van der Waals surface area contributed by atoms with Crippen LogP contribution in [0.15, 0.2) is 35.4 Å². The van der Waals surface area contributed by atoms with Gasteiger partial charge in [0.2, 0.25) is 0 Å². The molecule has 0 radical (unpaired) electrons. The maximum atomic E-state index is 12.4. The number of nitrogens with zero attached hydrogens (tertiary/aromatic N) is 1. The summed E-state index contributed by atoms with van der Waals surface area (Å²) in [5.41, 5.74) is 0.947. The molecule has 1 aromatic rings. The molecule has 0 aromatic heterocycles. The van der Waals surface area contributed by atoms with Gasteiger partial charge in [-0.1, -0.05) is 29.8 Å². The van der Waals surface area contributed by atoms with Crippen LogP contribution in [-0.4, -0.2) is 35.5 Å². The molecule has 2 rings (SSSR count). The molecule has 0 fully saturated rings. The number of aliphatic imine (C=N–C) groups is 1. The van der Waals surface area contributed by atoms with Crippen LogP contribution in [-0.2, 0) is 11.2 Å². The van der Waals surface area contributed by atoms with Gasteiger partial charge in [-0.2, -0.15) is 0 Å². The number of fused-ring (bicyclic) bond motifs is 1. The molecule has 1 aromatic carbocycles. The van der Waals surface area contributed by atoms with Crippen molar-refractivity contribution in [2.75, 3.05) is 13.7 Å². The number of cyclic esters (lactones) is 1. The molecule has 0 aliphatic carbocycles. The Bertz CT molecular complexity index is 707. The number of hydrogen-bond donors (Lipinski definition) is 2. The first-order chi connectivity index (χ1) is 11.5. The summed E-state index contributed by atoms with van der Waals surface area (Å²) >= 11 is 6.16. The monoisotopic (exact) mass is 349 g/mol. The zero-order valence-corrected chi connectivity index (χ0v) is 14.2. The Kier molecular flexibility index (Phi) is 6.44. The first-order valence-corrected chi connectivity index (χ1v) is 8.10. The van der Waals surface area contributed by atoms with Gasteiger partial charge in [0.15, 0.2) is 0 Å². The van der Waals surface area contributed by atoms with Crippen LogP contribution in [0.1, 0.15) is 35.2 Å². The van der Waals surface area contributed by atoms with Crippen LogP contribution in [0.2, 0.25) is 5.02 Å². The lowest BCUT2D eigenvalue weighted by Crippen LogP contribution is -2.13. The van der Waals surface area contributed by atoms with Gasteiger partial charge in [-0.25, -0.2) is 4.79 Å². The molecule has 0 saturated heterocycles. The highest BCUT2D eigenvalue weighted by Crippen LogP contribution is 2.37. The normalized spacial score (nSPS) is 20.8. The van der Waals surface area contributed by atoms with Crippen molar-refractivity contribution in [3.63, 3.8) is 0 Å². The molecule has 0 unspecified atom stereocenters. The van der Waals surface area contributed by atoms with Gasteiger partial charge >= 0.3 is 5.97 Å². The third kappa shape index (κ3) is 4.38. The fourth-order valence-electron chi connectivity index (χ4n) is 2.41. The minimum absolute atomic E-state index is 0.0151. The number of esters is 1. The van der Waals surface area contributed by atoms with Crippen LogP contribution in [0.25, 0.3) is 0 Å². The van der Waals surface area contributed by atoms with Crippen molar-refractivity contribution in [3.05, 3.63) is 46.5 Å². The largest absolute Gasteiger partial charge is 0.507 e. The number of aromatic hydroxyl groups is 2. The fraction of sp³-hybridized carbons (Fsp3) is 0.333. The van der Waals surface area contributed by atoms with E-state index in [1.54, 1.807) is 7.05 Å². The van der Waals surface area contributed by atoms with Gasteiger partial charge in [0.05, 0.1) is 11.6 Å². The molecule has 1 heterocycles. The first-order valence-electron chi connectivity index (χ1n) is 7.72. The number of hydrogen-bond acceptors (Lipinski definition) is 5. The number of phenolic OH excluding ortho intramolecular Hbond substituents is 2. The van der Waals surface area contributed by atoms with E-state index in [4.69, 9.17) is 16.3 Å². The minimum Gasteiger partial charge on any atom is -0.507 e. The van der Waals surface area contributed by atoms with E-state index >= 15 is 0 Å². The number of allylic oxidation sites excluding steroid dienone is 3. The molecule has 0 bridgehead atoms. The highest BCUT2D eigenvalue weighted by molar-refractivity contribution is 6.33. The third-order valence-electron chi connectivity index (χ3n) is 3.66. The van der Waals surface area contributed by atoms with Gasteiger partial charge < -0.3 is 14.9 Å². The molecule has 0 atom stereocenters. The molecule has 1 aliphatic rings. The summed E-state index contributed by atoms with van der Waals surface area (Å²) < 4.78 is 5.21. The standard InChI is InChI=1S/C18H20ClNO4/c1-20-12-8-6-4-2-3-5-7-9-24-18(23)16-13(10-12)17(19)15(22)11-14(16)21/h3,5-6,8,11,21-22H,2,4,7,9-10H2,1H3/b5-3+,8-6+,20-12+. The molecule has 0 spiro atoms. The van der Waals surface area contributed by atoms with Gasteiger partial charge in [0.1, 0.15) is 17.1 Å². The summed E-state index contributed by atoms with van der Waals surface area (Å²) in [6.45, 7) is 0.206. The Balaban J connectivity index is 2.50. The van der Waals surface area contributed by atoms with Crippen LogP contribution in [0.3, 0.4) is 0 Å². The summed E-state index contributed by atoms with van der Waals surface area (Å²) in [5.74, 6) is -1.32. The summed E-state index contributed by atoms with van der Waals surface area (Å²) in [6.07, 6.45) is 10.4. The van der Waals surface area contributed by atoms with E-state index in [0.717, 1.165) is 18.9 Å². The lowest BCUT2D eigenvalue weighted by atomic mass is 9.99. The number of benzene rings is 1. The number of phenols is 2. The van der Waals surface area contributed by atoms with Crippen LogP contribution in [0.5, 0.6) is 11.5 Å². The molecule has 2 N–H and O–H groups in total. The number of ether oxygens (including phenoxy) is 1. The van der Waals surface area contributed by atoms with Gasteiger partial charge in [-0.05, 0) is 30.9 Å². The second kappa shape index (κ2) is 8.55. The van der Waals surface area contributed by atoms with Crippen molar-refractivity contribution in [1.82, 2.24) is 0 Å². The third-order valence-corrected chi connectivity index (χ3v) is 4.09. The molecule has 0 saturated carbocycles. The van der Waals surface area contributed by atoms with E-state index in [2.05, 4.69) is 4.99 Å². The van der Waals surface area contributed by atoms with E-state index in [1.165, 1.54) is 0 Å². The van der Waals surface area contributed by atoms with Crippen molar-refractivity contribution < 1.29 is 19.7 Å². The van der Waals surface area contributed by atoms with Crippen LogP contribution in [0.4, 0.5) is 0 Å². The van der Waals surface area contributed by atoms with Crippen LogP contribution in [0, 0.1) is 0 Å². The lowest BCUT2D eigenvalue weighted by Gasteiger charge is -2.14. The Labute approximate surface area is 145 Å². The molecule has 1 aliphatic heterocycles. The zero-order valence-electron chi connectivity index (χ0n) is 13.5. The van der Waals surface area contributed by atoms with Gasteiger partial charge in [0, 0.05) is 25.2 Å². The van der Waals surface area contributed by atoms with E-state index in [-0.39, 0.29) is 35.1 Å². The molecular formula is C18H20ClNO4. The SMILES string of the molecule is C/N=C1\C=C\CC/C=C/CCOC(=O)c2c(O)cc(O)c(Cl)c2C1. The van der Waals surface area contributed by atoms with Crippen molar-refractivity contribution in [1.29, 1.82) is 0 Å². The molecular weight excluding hydrogens is 330 g/mol. The summed E-state index contributed by atoms with van der Waals surface area (Å²) in [6, 6.07) is 1.05. The van der Waals surface area contributed by atoms with E-state index < -0.39 is 5.97 Å². The molecule has 6 heteroatoms. The summed E-state index contributed by atoms with van der Waals surface area (Å²) in [7, 11) is 1.64. The highest BCUT2D eigenvalue weighted by Gasteiger charge is 2.24. The number of carbonyl (C=O) groups is 1. The van der Waals surface area contributed by atoms with Gasteiger partial charge in [0.25, 0.3) is 0 Å². The van der Waals surface area contributed by atoms with Crippen molar-refractivity contribution in [2.24, 2.45) is 4.99 Å². The van der Waals surface area contributed by atoms with Crippen molar-refractivity contribution in [2.45, 2.75) is 25.7 Å². The average molecular weight is 350 g/mol. The van der Waals surface area contributed by atoms with Crippen molar-refractivity contribution >= 4 is 23.3 Å². The minimum atomic E-state index is -0.672. The van der Waals surface area contributed by atoms with Gasteiger partial charge in [-0.15, -0.1) is 0 Å². The predicted octanol–water partition coefficient (Wildman–Crippen LogP) is 3.82. The van der Waals surface area contributed by atoms with E-state index in [9.17, 15) is 15.0 Å². The number of carbonyl (C=O) groups excluding carboxylic acids is 1. The van der Waals surface area contributed by atoms with Crippen LogP contribution >= 0.6 is 11.6 Å². The highest BCUT2D eigenvalue weighted by atomic mass is 35.5. The van der Waals surface area contributed by atoms with Crippen molar-refractivity contribution in [3.8, 4) is 11.5 Å². The second-order valence-electron chi connectivity index (χ2n) is 5.35. The zero-order chi connectivity index (χ0) is 17.5. The Morgan fingerprint density at radius 2 is 1.83 bits per heavy atom. The predicted molar refractivity (Wildman–Crippen MR) is 94.3 cm³/mol. The summed E-state index contributed by atoms with van der Waals surface area (Å²) in [5, 5.41) is 20.0. The topological polar surface area (TPSA) is 79.1 Å². The first kappa shape index (κ1) is 18.1. The fourth-order valence-corrected chi connectivity index (χ4v) is 2.63. The summed E-state index contributed by atoms with van der Waals surface area (Å²) in [4.78, 5) is 16.5. The Hall–Kier alpha value is -2.27. The average Bonchev–Trinajstić information content (AvgIpc) is 2.55. The quantitative estimate of drug-likeness (QED) is 0.551. The van der Waals surface area contributed by atoms with E-state index in [1.807, 2.05) is 24.3 Å². The Morgan fingerprint density at radius 3 is 2.58 bits per heavy atom. The number of halogens is 1. The second-order valence-corrected chi connectivity index (χ2v) is 5.73. The molecule has 0 amide bonds. The van der Waals surface area contributed by atoms with E-state index in [0.29, 0.717) is 17.7 Å². The maximum absolute atomic E-state index is 12.4. The molecule has 128 valence electrons.